The van der Waals surface area contributed by atoms with E-state index in [1.165, 1.54) is 18.6 Å². The van der Waals surface area contributed by atoms with Gasteiger partial charge < -0.3 is 19.5 Å². The molecule has 29 heavy (non-hydrogen) atoms. The van der Waals surface area contributed by atoms with Gasteiger partial charge in [0.2, 0.25) is 0 Å². The quantitative estimate of drug-likeness (QED) is 0.359. The molecule has 7 nitrogen and oxygen atoms in total. The number of guanidine groups is 1. The van der Waals surface area contributed by atoms with Crippen LogP contribution in [0, 0.1) is 0 Å². The summed E-state index contributed by atoms with van der Waals surface area (Å²) in [4.78, 5) is 6.28. The number of aryl methyl sites for hydroxylation is 1. The number of aromatic nitrogens is 3. The maximum Gasteiger partial charge on any atom is 0.387 e. The predicted molar refractivity (Wildman–Crippen MR) is 118 cm³/mol. The lowest BCUT2D eigenvalue weighted by Crippen LogP contribution is -2.38. The van der Waals surface area contributed by atoms with E-state index >= 15 is 0 Å². The average molecular weight is 520 g/mol. The summed E-state index contributed by atoms with van der Waals surface area (Å²) >= 11 is 0. The van der Waals surface area contributed by atoms with E-state index in [0.29, 0.717) is 13.1 Å². The van der Waals surface area contributed by atoms with Crippen molar-refractivity contribution in [2.75, 3.05) is 14.1 Å². The highest BCUT2D eigenvalue weighted by Crippen LogP contribution is 2.16. The fraction of sp³-hybridized carbons (Fsp3) is 0.526. The third-order valence-electron chi connectivity index (χ3n) is 4.73. The molecule has 0 fully saturated rings. The van der Waals surface area contributed by atoms with E-state index in [0.717, 1.165) is 49.0 Å². The van der Waals surface area contributed by atoms with Crippen LogP contribution in [0.15, 0.2) is 29.3 Å². The molecular weight excluding hydrogens is 493 g/mol. The third kappa shape index (κ3) is 6.51. The van der Waals surface area contributed by atoms with Gasteiger partial charge in [0.05, 0.1) is 6.54 Å². The number of benzene rings is 1. The van der Waals surface area contributed by atoms with Gasteiger partial charge in [0, 0.05) is 33.6 Å². The monoisotopic (exact) mass is 520 g/mol. The van der Waals surface area contributed by atoms with Crippen molar-refractivity contribution in [3.8, 4) is 5.75 Å². The summed E-state index contributed by atoms with van der Waals surface area (Å²) < 4.78 is 31.1. The third-order valence-corrected chi connectivity index (χ3v) is 4.73. The lowest BCUT2D eigenvalue weighted by molar-refractivity contribution is -0.0498. The number of halogens is 3. The van der Waals surface area contributed by atoms with Crippen LogP contribution >= 0.6 is 24.0 Å². The molecule has 0 radical (unpaired) electrons. The molecule has 0 aliphatic carbocycles. The Balaban J connectivity index is 0.00000300. The molecular formula is C19H27F2IN6O. The standard InChI is InChI=1S/C19H26F2N6O.HI/c1-22-19(23-12-17-25-24-16-6-4-3-5-11-27(16)17)26(2)13-14-7-9-15(10-8-14)28-18(20)21;/h7-10,18H,3-6,11-13H2,1-2H3,(H,22,23);1H. The van der Waals surface area contributed by atoms with Crippen LogP contribution in [-0.2, 0) is 26.1 Å². The smallest absolute Gasteiger partial charge is 0.387 e. The minimum Gasteiger partial charge on any atom is -0.435 e. The molecule has 0 spiro atoms. The second-order valence-corrected chi connectivity index (χ2v) is 6.77. The Kier molecular flexibility index (Phi) is 9.05. The van der Waals surface area contributed by atoms with Crippen molar-refractivity contribution in [1.29, 1.82) is 0 Å². The number of alkyl halides is 2. The van der Waals surface area contributed by atoms with Crippen LogP contribution in [0.3, 0.4) is 0 Å². The highest BCUT2D eigenvalue weighted by atomic mass is 127. The first-order valence-corrected chi connectivity index (χ1v) is 9.43. The van der Waals surface area contributed by atoms with Gasteiger partial charge in [0.1, 0.15) is 11.6 Å². The fourth-order valence-corrected chi connectivity index (χ4v) is 3.34. The minimum atomic E-state index is -2.82. The van der Waals surface area contributed by atoms with Crippen molar-refractivity contribution >= 4 is 29.9 Å². The Morgan fingerprint density at radius 1 is 1.24 bits per heavy atom. The van der Waals surface area contributed by atoms with Gasteiger partial charge in [-0.1, -0.05) is 18.6 Å². The molecule has 2 heterocycles. The van der Waals surface area contributed by atoms with Crippen molar-refractivity contribution in [2.45, 2.75) is 51.9 Å². The van der Waals surface area contributed by atoms with Gasteiger partial charge in [0.25, 0.3) is 0 Å². The van der Waals surface area contributed by atoms with E-state index in [2.05, 4.69) is 29.8 Å². The van der Waals surface area contributed by atoms with Crippen molar-refractivity contribution < 1.29 is 13.5 Å². The number of ether oxygens (including phenoxy) is 1. The fourth-order valence-electron chi connectivity index (χ4n) is 3.34. The highest BCUT2D eigenvalue weighted by Gasteiger charge is 2.15. The SMILES string of the molecule is CN=C(NCc1nnc2n1CCCCC2)N(C)Cc1ccc(OC(F)F)cc1.I. The predicted octanol–water partition coefficient (Wildman–Crippen LogP) is 3.43. The van der Waals surface area contributed by atoms with Crippen LogP contribution < -0.4 is 10.1 Å². The van der Waals surface area contributed by atoms with Crippen molar-refractivity contribution in [2.24, 2.45) is 4.99 Å². The maximum absolute atomic E-state index is 12.2. The van der Waals surface area contributed by atoms with Crippen LogP contribution in [0.25, 0.3) is 0 Å². The molecule has 3 rings (SSSR count). The highest BCUT2D eigenvalue weighted by molar-refractivity contribution is 14.0. The second-order valence-electron chi connectivity index (χ2n) is 6.77. The Hall–Kier alpha value is -1.98. The van der Waals surface area contributed by atoms with Crippen LogP contribution in [0.5, 0.6) is 5.75 Å². The molecule has 1 aromatic carbocycles. The van der Waals surface area contributed by atoms with Crippen LogP contribution in [0.1, 0.15) is 36.5 Å². The van der Waals surface area contributed by atoms with Crippen LogP contribution in [-0.4, -0.2) is 46.3 Å². The van der Waals surface area contributed by atoms with Gasteiger partial charge >= 0.3 is 6.61 Å². The minimum absolute atomic E-state index is 0. The topological polar surface area (TPSA) is 67.6 Å². The van der Waals surface area contributed by atoms with Gasteiger partial charge in [-0.3, -0.25) is 4.99 Å². The summed E-state index contributed by atoms with van der Waals surface area (Å²) in [6.07, 6.45) is 4.52. The van der Waals surface area contributed by atoms with Gasteiger partial charge in [-0.05, 0) is 30.5 Å². The molecule has 0 atom stereocenters. The molecule has 1 aromatic heterocycles. The molecule has 1 aliphatic heterocycles. The van der Waals surface area contributed by atoms with E-state index in [9.17, 15) is 8.78 Å². The molecule has 0 saturated heterocycles. The van der Waals surface area contributed by atoms with Crippen LogP contribution in [0.2, 0.25) is 0 Å². The molecule has 0 unspecified atom stereocenters. The number of nitrogens with zero attached hydrogens (tertiary/aromatic N) is 5. The molecule has 0 bridgehead atoms. The number of nitrogens with one attached hydrogen (secondary N) is 1. The first kappa shape index (κ1) is 23.3. The number of rotatable bonds is 6. The summed E-state index contributed by atoms with van der Waals surface area (Å²) in [6, 6.07) is 6.60. The Bertz CT molecular complexity index is 796. The average Bonchev–Trinajstić information content (AvgIpc) is 2.90. The van der Waals surface area contributed by atoms with Gasteiger partial charge in [0.15, 0.2) is 11.8 Å². The molecule has 160 valence electrons. The molecule has 10 heteroatoms. The Labute approximate surface area is 186 Å². The van der Waals surface area contributed by atoms with E-state index in [-0.39, 0.29) is 29.7 Å². The zero-order valence-electron chi connectivity index (χ0n) is 16.6. The maximum atomic E-state index is 12.2. The second kappa shape index (κ2) is 11.3. The summed E-state index contributed by atoms with van der Waals surface area (Å²) in [5.74, 6) is 2.85. The molecule has 2 aromatic rings. The number of fused-ring (bicyclic) bond motifs is 1. The lowest BCUT2D eigenvalue weighted by atomic mass is 10.2. The van der Waals surface area contributed by atoms with Gasteiger partial charge in [-0.25, -0.2) is 0 Å². The van der Waals surface area contributed by atoms with E-state index in [1.807, 2.05) is 11.9 Å². The molecule has 1 aliphatic rings. The molecule has 0 amide bonds. The van der Waals surface area contributed by atoms with E-state index < -0.39 is 6.61 Å². The summed E-state index contributed by atoms with van der Waals surface area (Å²) in [7, 11) is 3.64. The first-order valence-electron chi connectivity index (χ1n) is 9.43. The number of aliphatic imine (C=N–C) groups is 1. The van der Waals surface area contributed by atoms with Gasteiger partial charge in [-0.2, -0.15) is 8.78 Å². The zero-order chi connectivity index (χ0) is 19.9. The molecule has 0 saturated carbocycles. The zero-order valence-corrected chi connectivity index (χ0v) is 19.0. The summed E-state index contributed by atoms with van der Waals surface area (Å²) in [6.45, 7) is -0.734. The van der Waals surface area contributed by atoms with Crippen molar-refractivity contribution in [3.05, 3.63) is 41.5 Å². The Morgan fingerprint density at radius 2 is 2.00 bits per heavy atom. The molecule has 1 N–H and O–H groups in total. The van der Waals surface area contributed by atoms with Crippen LogP contribution in [0.4, 0.5) is 8.78 Å². The van der Waals surface area contributed by atoms with Crippen molar-refractivity contribution in [1.82, 2.24) is 25.0 Å². The number of hydrogen-bond donors (Lipinski definition) is 1. The largest absolute Gasteiger partial charge is 0.435 e. The van der Waals surface area contributed by atoms with Gasteiger partial charge in [-0.15, -0.1) is 34.2 Å². The van der Waals surface area contributed by atoms with Crippen molar-refractivity contribution in [3.63, 3.8) is 0 Å². The summed E-state index contributed by atoms with van der Waals surface area (Å²) in [5.41, 5.74) is 0.961. The van der Waals surface area contributed by atoms with E-state index in [1.54, 1.807) is 19.2 Å². The normalized spacial score (nSPS) is 14.0. The Morgan fingerprint density at radius 3 is 2.69 bits per heavy atom. The summed E-state index contributed by atoms with van der Waals surface area (Å²) in [5, 5.41) is 12.0. The van der Waals surface area contributed by atoms with E-state index in [4.69, 9.17) is 0 Å². The lowest BCUT2D eigenvalue weighted by Gasteiger charge is -2.22. The number of hydrogen-bond acceptors (Lipinski definition) is 4. The first-order chi connectivity index (χ1) is 13.6.